The van der Waals surface area contributed by atoms with Gasteiger partial charge in [-0.25, -0.2) is 9.18 Å². The molecule has 2 N–H and O–H groups in total. The van der Waals surface area contributed by atoms with Gasteiger partial charge in [0.2, 0.25) is 0 Å². The van der Waals surface area contributed by atoms with Crippen molar-refractivity contribution in [2.45, 2.75) is 18.5 Å². The molecule has 0 radical (unpaired) electrons. The average molecular weight is 342 g/mol. The minimum atomic E-state index is -0.818. The molecule has 20 heavy (non-hydrogen) atoms. The lowest BCUT2D eigenvalue weighted by atomic mass is 9.99. The first kappa shape index (κ1) is 13.5. The third-order valence-electron chi connectivity index (χ3n) is 3.66. The Morgan fingerprint density at radius 3 is 2.80 bits per heavy atom. The Bertz CT molecular complexity index is 567. The van der Waals surface area contributed by atoms with Gasteiger partial charge < -0.3 is 10.6 Å². The predicted octanol–water partition coefficient (Wildman–Crippen LogP) is 1.37. The van der Waals surface area contributed by atoms with Crippen molar-refractivity contribution in [2.75, 3.05) is 13.1 Å². The maximum absolute atomic E-state index is 13.3. The lowest BCUT2D eigenvalue weighted by Gasteiger charge is -2.19. The molecule has 2 fully saturated rings. The van der Waals surface area contributed by atoms with Gasteiger partial charge in [0.1, 0.15) is 11.4 Å². The molecule has 1 spiro atoms. The third kappa shape index (κ3) is 2.20. The molecule has 0 bridgehead atoms. The zero-order chi connectivity index (χ0) is 14.3. The van der Waals surface area contributed by atoms with E-state index in [2.05, 4.69) is 26.6 Å². The molecule has 2 heterocycles. The van der Waals surface area contributed by atoms with Crippen molar-refractivity contribution in [1.29, 1.82) is 0 Å². The highest BCUT2D eigenvalue weighted by Gasteiger charge is 2.52. The van der Waals surface area contributed by atoms with Gasteiger partial charge >= 0.3 is 6.03 Å². The van der Waals surface area contributed by atoms with Crippen LogP contribution in [-0.4, -0.2) is 35.5 Å². The molecular formula is C13H13BrFN3O2. The van der Waals surface area contributed by atoms with E-state index in [1.165, 1.54) is 12.1 Å². The molecule has 2 saturated heterocycles. The summed E-state index contributed by atoms with van der Waals surface area (Å²) in [4.78, 5) is 25.5. The van der Waals surface area contributed by atoms with Gasteiger partial charge in [-0.3, -0.25) is 9.69 Å². The highest BCUT2D eigenvalue weighted by Crippen LogP contribution is 2.26. The zero-order valence-electron chi connectivity index (χ0n) is 10.6. The van der Waals surface area contributed by atoms with Crippen molar-refractivity contribution >= 4 is 27.9 Å². The maximum Gasteiger partial charge on any atom is 0.325 e. The highest BCUT2D eigenvalue weighted by atomic mass is 79.9. The fourth-order valence-corrected chi connectivity index (χ4v) is 3.20. The first-order valence-electron chi connectivity index (χ1n) is 6.30. The molecule has 7 heteroatoms. The highest BCUT2D eigenvalue weighted by molar-refractivity contribution is 9.10. The zero-order valence-corrected chi connectivity index (χ0v) is 12.2. The van der Waals surface area contributed by atoms with Crippen LogP contribution in [0.3, 0.4) is 0 Å². The molecule has 3 amide bonds. The number of hydrogen-bond acceptors (Lipinski definition) is 3. The van der Waals surface area contributed by atoms with Crippen LogP contribution in [0.4, 0.5) is 9.18 Å². The van der Waals surface area contributed by atoms with Crippen LogP contribution in [0.25, 0.3) is 0 Å². The number of amides is 3. The Hall–Kier alpha value is -1.47. The minimum absolute atomic E-state index is 0.0722. The number of carbonyl (C=O) groups is 2. The first-order chi connectivity index (χ1) is 9.50. The molecule has 5 nitrogen and oxygen atoms in total. The number of nitrogens with one attached hydrogen (secondary N) is 2. The van der Waals surface area contributed by atoms with Crippen LogP contribution in [0.5, 0.6) is 0 Å². The smallest absolute Gasteiger partial charge is 0.322 e. The van der Waals surface area contributed by atoms with Crippen LogP contribution in [0.15, 0.2) is 22.7 Å². The maximum atomic E-state index is 13.3. The van der Waals surface area contributed by atoms with Crippen LogP contribution in [-0.2, 0) is 11.3 Å². The predicted molar refractivity (Wildman–Crippen MR) is 73.4 cm³/mol. The summed E-state index contributed by atoms with van der Waals surface area (Å²) >= 11 is 3.20. The lowest BCUT2D eigenvalue weighted by molar-refractivity contribution is -0.131. The number of carbonyl (C=O) groups excluding carboxylic acids is 2. The minimum Gasteiger partial charge on any atom is -0.322 e. The normalized spacial score (nSPS) is 25.6. The van der Waals surface area contributed by atoms with Gasteiger partial charge in [0, 0.05) is 11.0 Å². The molecule has 2 aliphatic rings. The molecule has 0 aromatic heterocycles. The molecule has 106 valence electrons. The van der Waals surface area contributed by atoms with Crippen LogP contribution in [0.1, 0.15) is 12.0 Å². The van der Waals surface area contributed by atoms with E-state index in [1.807, 2.05) is 0 Å². The fourth-order valence-electron chi connectivity index (χ4n) is 2.69. The average Bonchev–Trinajstić information content (AvgIpc) is 2.90. The lowest BCUT2D eigenvalue weighted by Crippen LogP contribution is -2.48. The Morgan fingerprint density at radius 1 is 1.35 bits per heavy atom. The summed E-state index contributed by atoms with van der Waals surface area (Å²) in [5.41, 5.74) is -0.245. The van der Waals surface area contributed by atoms with E-state index in [9.17, 15) is 14.0 Å². The second-order valence-corrected chi connectivity index (χ2v) is 6.02. The van der Waals surface area contributed by atoms with Crippen molar-refractivity contribution < 1.29 is 14.0 Å². The Labute approximate surface area is 123 Å². The van der Waals surface area contributed by atoms with E-state index in [0.29, 0.717) is 29.5 Å². The summed E-state index contributed by atoms with van der Waals surface area (Å²) < 4.78 is 13.9. The molecule has 1 aromatic rings. The second kappa shape index (κ2) is 4.82. The van der Waals surface area contributed by atoms with Gasteiger partial charge in [0.15, 0.2) is 0 Å². The fraction of sp³-hybridized carbons (Fsp3) is 0.385. The van der Waals surface area contributed by atoms with Gasteiger partial charge in [-0.05, 0) is 36.7 Å². The number of imide groups is 1. The SMILES string of the molecule is O=C1NC2(CCNC2)C(=O)N1Cc1cc(F)cc(Br)c1. The number of nitrogens with zero attached hydrogens (tertiary/aromatic N) is 1. The monoisotopic (exact) mass is 341 g/mol. The molecule has 1 aromatic carbocycles. The van der Waals surface area contributed by atoms with Crippen LogP contribution < -0.4 is 10.6 Å². The van der Waals surface area contributed by atoms with E-state index in [-0.39, 0.29) is 12.5 Å². The summed E-state index contributed by atoms with van der Waals surface area (Å²) in [5.74, 6) is -0.647. The summed E-state index contributed by atoms with van der Waals surface area (Å²) in [6, 6.07) is 3.93. The van der Waals surface area contributed by atoms with Crippen molar-refractivity contribution in [3.63, 3.8) is 0 Å². The van der Waals surface area contributed by atoms with E-state index < -0.39 is 17.4 Å². The van der Waals surface area contributed by atoms with Crippen LogP contribution >= 0.6 is 15.9 Å². The van der Waals surface area contributed by atoms with Crippen molar-refractivity contribution in [3.05, 3.63) is 34.1 Å². The van der Waals surface area contributed by atoms with E-state index in [4.69, 9.17) is 0 Å². The first-order valence-corrected chi connectivity index (χ1v) is 7.09. The van der Waals surface area contributed by atoms with Gasteiger partial charge in [-0.15, -0.1) is 0 Å². The summed E-state index contributed by atoms with van der Waals surface area (Å²) in [6.07, 6.45) is 0.584. The topological polar surface area (TPSA) is 61.4 Å². The summed E-state index contributed by atoms with van der Waals surface area (Å²) in [6.45, 7) is 1.22. The summed E-state index contributed by atoms with van der Waals surface area (Å²) in [7, 11) is 0. The van der Waals surface area contributed by atoms with Crippen LogP contribution in [0.2, 0.25) is 0 Å². The third-order valence-corrected chi connectivity index (χ3v) is 4.12. The molecule has 0 aliphatic carbocycles. The molecule has 1 unspecified atom stereocenters. The number of benzene rings is 1. The molecule has 0 saturated carbocycles. The molecular weight excluding hydrogens is 329 g/mol. The van der Waals surface area contributed by atoms with E-state index in [0.717, 1.165) is 4.90 Å². The van der Waals surface area contributed by atoms with E-state index >= 15 is 0 Å². The second-order valence-electron chi connectivity index (χ2n) is 5.11. The van der Waals surface area contributed by atoms with Gasteiger partial charge in [-0.1, -0.05) is 15.9 Å². The van der Waals surface area contributed by atoms with Gasteiger partial charge in [0.05, 0.1) is 6.54 Å². The standard InChI is InChI=1S/C13H13BrFN3O2/c14-9-3-8(4-10(15)5-9)6-18-11(19)13(17-12(18)20)1-2-16-7-13/h3-5,16H,1-2,6-7H2,(H,17,20). The molecule has 3 rings (SSSR count). The largest absolute Gasteiger partial charge is 0.325 e. The van der Waals surface area contributed by atoms with Gasteiger partial charge in [0.25, 0.3) is 5.91 Å². The summed E-state index contributed by atoms with van der Waals surface area (Å²) in [5, 5.41) is 5.83. The Morgan fingerprint density at radius 2 is 2.15 bits per heavy atom. The number of rotatable bonds is 2. The molecule has 2 aliphatic heterocycles. The van der Waals surface area contributed by atoms with Crippen LogP contribution in [0, 0.1) is 5.82 Å². The van der Waals surface area contributed by atoms with Crippen molar-refractivity contribution in [3.8, 4) is 0 Å². The van der Waals surface area contributed by atoms with Gasteiger partial charge in [-0.2, -0.15) is 0 Å². The van der Waals surface area contributed by atoms with Crippen molar-refractivity contribution in [1.82, 2.24) is 15.5 Å². The Balaban J connectivity index is 1.84. The number of urea groups is 1. The quantitative estimate of drug-likeness (QED) is 0.799. The van der Waals surface area contributed by atoms with Crippen molar-refractivity contribution in [2.24, 2.45) is 0 Å². The Kier molecular flexibility index (Phi) is 3.25. The van der Waals surface area contributed by atoms with E-state index in [1.54, 1.807) is 6.07 Å². The molecule has 1 atom stereocenters. The number of hydrogen-bond donors (Lipinski definition) is 2. The number of halogens is 2.